The molecule has 2 aromatic rings. The number of epoxide rings is 1. The Morgan fingerprint density at radius 3 is 2.65 bits per heavy atom. The number of ether oxygens (including phenoxy) is 2. The van der Waals surface area contributed by atoms with Crippen LogP contribution in [-0.2, 0) is 4.74 Å². The van der Waals surface area contributed by atoms with Crippen molar-refractivity contribution >= 4 is 21.7 Å². The molecule has 0 aromatic heterocycles. The fraction of sp³-hybridized carbons (Fsp3) is 0.188. The minimum absolute atomic E-state index is 0.00868. The van der Waals surface area contributed by atoms with Crippen molar-refractivity contribution in [2.24, 2.45) is 0 Å². The summed E-state index contributed by atoms with van der Waals surface area (Å²) < 4.78 is 11.6. The average Bonchev–Trinajstić information content (AvgIpc) is 3.31. The molecule has 3 nitrogen and oxygen atoms in total. The zero-order chi connectivity index (χ0) is 13.9. The number of carbonyl (C=O) groups is 1. The molecule has 20 heavy (non-hydrogen) atoms. The molecular formula is C16H13BrO3. The largest absolute Gasteiger partial charge is 0.490 e. The highest BCUT2D eigenvalue weighted by Crippen LogP contribution is 2.28. The van der Waals surface area contributed by atoms with E-state index >= 15 is 0 Å². The van der Waals surface area contributed by atoms with Crippen LogP contribution in [-0.4, -0.2) is 25.1 Å². The first kappa shape index (κ1) is 13.3. The van der Waals surface area contributed by atoms with Crippen LogP contribution in [0.2, 0.25) is 0 Å². The lowest BCUT2D eigenvalue weighted by Crippen LogP contribution is -2.06. The van der Waals surface area contributed by atoms with Gasteiger partial charge in [-0.1, -0.05) is 30.3 Å². The van der Waals surface area contributed by atoms with E-state index in [0.29, 0.717) is 23.5 Å². The minimum atomic E-state index is -0.00868. The quantitative estimate of drug-likeness (QED) is 0.621. The molecule has 1 aliphatic rings. The maximum absolute atomic E-state index is 12.4. The number of ketones is 1. The highest BCUT2D eigenvalue weighted by Gasteiger charge is 2.23. The molecule has 0 amide bonds. The van der Waals surface area contributed by atoms with Gasteiger partial charge in [-0.05, 0) is 34.1 Å². The molecular weight excluding hydrogens is 320 g/mol. The van der Waals surface area contributed by atoms with Crippen molar-refractivity contribution in [3.63, 3.8) is 0 Å². The molecule has 0 radical (unpaired) electrons. The third kappa shape index (κ3) is 3.08. The molecule has 1 aliphatic heterocycles. The standard InChI is InChI=1S/C16H13BrO3/c17-14-7-6-12(8-15(14)20-10-13-9-19-13)16(18)11-4-2-1-3-5-11/h1-8,13H,9-10H2. The predicted octanol–water partition coefficient (Wildman–Crippen LogP) is 3.46. The first-order valence-corrected chi connectivity index (χ1v) is 7.17. The fourth-order valence-corrected chi connectivity index (χ4v) is 2.22. The van der Waals surface area contributed by atoms with Crippen LogP contribution in [0.1, 0.15) is 15.9 Å². The van der Waals surface area contributed by atoms with Crippen molar-refractivity contribution in [1.29, 1.82) is 0 Å². The second-order valence-electron chi connectivity index (χ2n) is 4.61. The maximum atomic E-state index is 12.4. The molecule has 2 aromatic carbocycles. The Morgan fingerprint density at radius 1 is 1.20 bits per heavy atom. The van der Waals surface area contributed by atoms with E-state index in [0.717, 1.165) is 11.1 Å². The van der Waals surface area contributed by atoms with Gasteiger partial charge in [0, 0.05) is 11.1 Å². The van der Waals surface area contributed by atoms with E-state index in [1.165, 1.54) is 0 Å². The number of halogens is 1. The molecule has 0 saturated carbocycles. The lowest BCUT2D eigenvalue weighted by Gasteiger charge is -2.09. The molecule has 1 saturated heterocycles. The highest BCUT2D eigenvalue weighted by molar-refractivity contribution is 9.10. The number of hydrogen-bond donors (Lipinski definition) is 0. The highest BCUT2D eigenvalue weighted by atomic mass is 79.9. The van der Waals surface area contributed by atoms with Crippen LogP contribution in [0.4, 0.5) is 0 Å². The van der Waals surface area contributed by atoms with Crippen molar-refractivity contribution in [2.75, 3.05) is 13.2 Å². The van der Waals surface area contributed by atoms with Crippen LogP contribution in [0.15, 0.2) is 53.0 Å². The Kier molecular flexibility index (Phi) is 3.85. The fourth-order valence-electron chi connectivity index (χ4n) is 1.86. The van der Waals surface area contributed by atoms with E-state index < -0.39 is 0 Å². The first-order chi connectivity index (χ1) is 9.74. The lowest BCUT2D eigenvalue weighted by molar-refractivity contribution is 0.103. The van der Waals surface area contributed by atoms with Gasteiger partial charge in [0.15, 0.2) is 5.78 Å². The predicted molar refractivity (Wildman–Crippen MR) is 79.3 cm³/mol. The number of hydrogen-bond acceptors (Lipinski definition) is 3. The van der Waals surface area contributed by atoms with Crippen molar-refractivity contribution in [1.82, 2.24) is 0 Å². The molecule has 4 heteroatoms. The summed E-state index contributed by atoms with van der Waals surface area (Å²) in [7, 11) is 0. The third-order valence-electron chi connectivity index (χ3n) is 3.06. The summed E-state index contributed by atoms with van der Waals surface area (Å²) in [5, 5.41) is 0. The van der Waals surface area contributed by atoms with Gasteiger partial charge in [-0.3, -0.25) is 4.79 Å². The number of benzene rings is 2. The van der Waals surface area contributed by atoms with Crippen molar-refractivity contribution < 1.29 is 14.3 Å². The maximum Gasteiger partial charge on any atom is 0.193 e. The van der Waals surface area contributed by atoms with Crippen LogP contribution in [0.25, 0.3) is 0 Å². The minimum Gasteiger partial charge on any atom is -0.490 e. The van der Waals surface area contributed by atoms with Crippen LogP contribution >= 0.6 is 15.9 Å². The molecule has 1 unspecified atom stereocenters. The molecule has 0 spiro atoms. The van der Waals surface area contributed by atoms with E-state index in [2.05, 4.69) is 15.9 Å². The molecule has 1 heterocycles. The summed E-state index contributed by atoms with van der Waals surface area (Å²) in [6, 6.07) is 14.6. The van der Waals surface area contributed by atoms with Gasteiger partial charge in [-0.2, -0.15) is 0 Å². The third-order valence-corrected chi connectivity index (χ3v) is 3.71. The second-order valence-corrected chi connectivity index (χ2v) is 5.46. The van der Waals surface area contributed by atoms with E-state index in [4.69, 9.17) is 9.47 Å². The smallest absolute Gasteiger partial charge is 0.193 e. The number of rotatable bonds is 5. The summed E-state index contributed by atoms with van der Waals surface area (Å²) in [4.78, 5) is 12.4. The normalized spacial score (nSPS) is 16.8. The molecule has 3 rings (SSSR count). The summed E-state index contributed by atoms with van der Waals surface area (Å²) in [6.07, 6.45) is 0.190. The van der Waals surface area contributed by atoms with E-state index in [-0.39, 0.29) is 11.9 Å². The summed E-state index contributed by atoms with van der Waals surface area (Å²) in [5.41, 5.74) is 1.29. The van der Waals surface area contributed by atoms with E-state index in [1.54, 1.807) is 12.1 Å². The van der Waals surface area contributed by atoms with Gasteiger partial charge in [0.1, 0.15) is 18.5 Å². The molecule has 102 valence electrons. The van der Waals surface area contributed by atoms with E-state index in [1.807, 2.05) is 36.4 Å². The van der Waals surface area contributed by atoms with Gasteiger partial charge in [0.05, 0.1) is 11.1 Å². The van der Waals surface area contributed by atoms with Crippen molar-refractivity contribution in [3.8, 4) is 5.75 Å². The summed E-state index contributed by atoms with van der Waals surface area (Å²) >= 11 is 3.43. The van der Waals surface area contributed by atoms with Crippen LogP contribution < -0.4 is 4.74 Å². The van der Waals surface area contributed by atoms with Gasteiger partial charge in [-0.15, -0.1) is 0 Å². The van der Waals surface area contributed by atoms with Gasteiger partial charge >= 0.3 is 0 Å². The Labute approximate surface area is 125 Å². The van der Waals surface area contributed by atoms with Gasteiger partial charge in [0.2, 0.25) is 0 Å². The average molecular weight is 333 g/mol. The van der Waals surface area contributed by atoms with Crippen LogP contribution in [0, 0.1) is 0 Å². The zero-order valence-electron chi connectivity index (χ0n) is 10.7. The Hall–Kier alpha value is -1.65. The molecule has 0 N–H and O–H groups in total. The SMILES string of the molecule is O=C(c1ccccc1)c1ccc(Br)c(OCC2CO2)c1. The van der Waals surface area contributed by atoms with Crippen LogP contribution in [0.3, 0.4) is 0 Å². The van der Waals surface area contributed by atoms with E-state index in [9.17, 15) is 4.79 Å². The Bertz CT molecular complexity index is 621. The topological polar surface area (TPSA) is 38.8 Å². The van der Waals surface area contributed by atoms with Gasteiger partial charge in [0.25, 0.3) is 0 Å². The Morgan fingerprint density at radius 2 is 1.95 bits per heavy atom. The van der Waals surface area contributed by atoms with Crippen molar-refractivity contribution in [3.05, 3.63) is 64.1 Å². The summed E-state index contributed by atoms with van der Waals surface area (Å²) in [5.74, 6) is 0.660. The molecule has 1 atom stereocenters. The molecule has 0 aliphatic carbocycles. The van der Waals surface area contributed by atoms with Crippen LogP contribution in [0.5, 0.6) is 5.75 Å². The first-order valence-electron chi connectivity index (χ1n) is 6.38. The second kappa shape index (κ2) is 5.77. The monoisotopic (exact) mass is 332 g/mol. The number of carbonyl (C=O) groups excluding carboxylic acids is 1. The molecule has 1 fully saturated rings. The zero-order valence-corrected chi connectivity index (χ0v) is 12.3. The summed E-state index contributed by atoms with van der Waals surface area (Å²) in [6.45, 7) is 1.27. The lowest BCUT2D eigenvalue weighted by atomic mass is 10.0. The van der Waals surface area contributed by atoms with Gasteiger partial charge < -0.3 is 9.47 Å². The van der Waals surface area contributed by atoms with Gasteiger partial charge in [-0.25, -0.2) is 0 Å². The Balaban J connectivity index is 1.82. The molecule has 0 bridgehead atoms. The van der Waals surface area contributed by atoms with Crippen molar-refractivity contribution in [2.45, 2.75) is 6.10 Å².